The molecule has 2 N–H and O–H groups in total. The second-order valence-corrected chi connectivity index (χ2v) is 12.7. The number of ether oxygens (including phenoxy) is 1. The average molecular weight is 671 g/mol. The number of carboxylic acids is 1. The summed E-state index contributed by atoms with van der Waals surface area (Å²) in [5.74, 6) is -1.47. The van der Waals surface area contributed by atoms with Crippen LogP contribution in [0.25, 0.3) is 11.1 Å². The second kappa shape index (κ2) is 14.6. The van der Waals surface area contributed by atoms with Crippen molar-refractivity contribution in [2.24, 2.45) is 5.92 Å². The first-order valence-electron chi connectivity index (χ1n) is 16.5. The number of carbonyl (C=O) groups is 3. The van der Waals surface area contributed by atoms with E-state index in [1.54, 1.807) is 29.2 Å². The Morgan fingerprint density at radius 1 is 0.878 bits per heavy atom. The fourth-order valence-electron chi connectivity index (χ4n) is 6.78. The van der Waals surface area contributed by atoms with E-state index < -0.39 is 35.7 Å². The summed E-state index contributed by atoms with van der Waals surface area (Å²) in [4.78, 5) is 41.8. The molecule has 0 spiro atoms. The van der Waals surface area contributed by atoms with E-state index in [0.29, 0.717) is 35.4 Å². The number of amides is 2. The Hall–Kier alpha value is -5.12. The Balaban J connectivity index is 1.27. The van der Waals surface area contributed by atoms with Crippen LogP contribution in [0.1, 0.15) is 72.0 Å². The van der Waals surface area contributed by atoms with Gasteiger partial charge in [-0.05, 0) is 76.9 Å². The van der Waals surface area contributed by atoms with Crippen LogP contribution in [0.3, 0.4) is 0 Å². The lowest BCUT2D eigenvalue weighted by molar-refractivity contribution is -0.145. The standard InChI is InChI=1S/C39H37F3N2O5/c40-39(41,42)31-17-10-25(11-18-31)24-49-32-19-16-28-20-21-44(38(48)30-8-4-5-9-30)36(33(28)22-32)37(47)43-34(23-35(45)46)29-14-12-27(13-15-29)26-6-2-1-3-7-26/h1-3,6-7,10-19,22,30,34,36H,4-5,8-9,20-21,23-24H2,(H,43,47)(H,45,46). The minimum absolute atomic E-state index is 0.00182. The molecule has 0 radical (unpaired) electrons. The van der Waals surface area contributed by atoms with Crippen LogP contribution in [0.5, 0.6) is 5.75 Å². The quantitative estimate of drug-likeness (QED) is 0.179. The monoisotopic (exact) mass is 670 g/mol. The van der Waals surface area contributed by atoms with Crippen LogP contribution < -0.4 is 10.1 Å². The zero-order valence-electron chi connectivity index (χ0n) is 26.8. The van der Waals surface area contributed by atoms with Gasteiger partial charge in [-0.25, -0.2) is 0 Å². The number of hydrogen-bond acceptors (Lipinski definition) is 4. The highest BCUT2D eigenvalue weighted by Gasteiger charge is 2.40. The molecule has 1 aliphatic carbocycles. The van der Waals surface area contributed by atoms with Crippen molar-refractivity contribution >= 4 is 17.8 Å². The van der Waals surface area contributed by atoms with Crippen molar-refractivity contribution in [1.29, 1.82) is 0 Å². The third-order valence-corrected chi connectivity index (χ3v) is 9.38. The zero-order valence-corrected chi connectivity index (χ0v) is 26.8. The third-order valence-electron chi connectivity index (χ3n) is 9.38. The lowest BCUT2D eigenvalue weighted by atomic mass is 9.89. The number of alkyl halides is 3. The van der Waals surface area contributed by atoms with Gasteiger partial charge in [-0.3, -0.25) is 14.4 Å². The largest absolute Gasteiger partial charge is 0.489 e. The molecule has 2 atom stereocenters. The van der Waals surface area contributed by atoms with Crippen molar-refractivity contribution in [2.45, 2.75) is 63.4 Å². The van der Waals surface area contributed by atoms with Crippen LogP contribution in [0.4, 0.5) is 13.2 Å². The highest BCUT2D eigenvalue weighted by atomic mass is 19.4. The maximum atomic E-state index is 14.3. The molecule has 1 heterocycles. The van der Waals surface area contributed by atoms with E-state index in [9.17, 15) is 32.7 Å². The summed E-state index contributed by atoms with van der Waals surface area (Å²) >= 11 is 0. The number of nitrogens with one attached hydrogen (secondary N) is 1. The van der Waals surface area contributed by atoms with Gasteiger partial charge in [0, 0.05) is 12.5 Å². The number of aliphatic carboxylic acids is 1. The molecule has 10 heteroatoms. The number of benzene rings is 4. The summed E-state index contributed by atoms with van der Waals surface area (Å²) in [5, 5.41) is 12.8. The van der Waals surface area contributed by atoms with E-state index in [2.05, 4.69) is 5.32 Å². The van der Waals surface area contributed by atoms with Crippen molar-refractivity contribution in [2.75, 3.05) is 6.54 Å². The topological polar surface area (TPSA) is 95.9 Å². The maximum absolute atomic E-state index is 14.3. The van der Waals surface area contributed by atoms with Gasteiger partial charge in [-0.15, -0.1) is 0 Å². The van der Waals surface area contributed by atoms with E-state index in [-0.39, 0.29) is 24.9 Å². The molecule has 49 heavy (non-hydrogen) atoms. The molecule has 1 saturated carbocycles. The maximum Gasteiger partial charge on any atom is 0.416 e. The van der Waals surface area contributed by atoms with Crippen LogP contribution in [-0.4, -0.2) is 34.3 Å². The first-order chi connectivity index (χ1) is 23.6. The third kappa shape index (κ3) is 7.96. The van der Waals surface area contributed by atoms with E-state index in [4.69, 9.17) is 4.74 Å². The van der Waals surface area contributed by atoms with E-state index in [1.165, 1.54) is 12.1 Å². The van der Waals surface area contributed by atoms with Gasteiger partial charge in [-0.1, -0.05) is 85.6 Å². The minimum atomic E-state index is -4.44. The Kier molecular flexibility index (Phi) is 10.0. The fraction of sp³-hybridized carbons (Fsp3) is 0.308. The van der Waals surface area contributed by atoms with Gasteiger partial charge in [0.15, 0.2) is 0 Å². The van der Waals surface area contributed by atoms with Crippen molar-refractivity contribution in [3.05, 3.63) is 125 Å². The van der Waals surface area contributed by atoms with Gasteiger partial charge in [0.2, 0.25) is 11.8 Å². The number of fused-ring (bicyclic) bond motifs is 1. The Morgan fingerprint density at radius 3 is 2.20 bits per heavy atom. The SMILES string of the molecule is O=C(O)CC(NC(=O)C1c2cc(OCc3ccc(C(F)(F)F)cc3)ccc2CCN1C(=O)C1CCCC1)c1ccc(-c2ccccc2)cc1. The van der Waals surface area contributed by atoms with Crippen LogP contribution in [-0.2, 0) is 33.6 Å². The average Bonchev–Trinajstić information content (AvgIpc) is 3.65. The molecule has 1 fully saturated rings. The molecule has 7 nitrogen and oxygen atoms in total. The fourth-order valence-corrected chi connectivity index (χ4v) is 6.78. The van der Waals surface area contributed by atoms with Crippen LogP contribution in [0.15, 0.2) is 97.1 Å². The lowest BCUT2D eigenvalue weighted by Crippen LogP contribution is -2.49. The molecule has 0 aromatic heterocycles. The van der Waals surface area contributed by atoms with Gasteiger partial charge in [0.25, 0.3) is 0 Å². The number of hydrogen-bond donors (Lipinski definition) is 2. The van der Waals surface area contributed by atoms with Crippen molar-refractivity contribution < 1.29 is 37.4 Å². The molecule has 2 aliphatic rings. The van der Waals surface area contributed by atoms with Crippen LogP contribution in [0, 0.1) is 5.92 Å². The van der Waals surface area contributed by atoms with Gasteiger partial charge < -0.3 is 20.1 Å². The van der Waals surface area contributed by atoms with E-state index in [0.717, 1.165) is 54.5 Å². The first-order valence-corrected chi connectivity index (χ1v) is 16.5. The van der Waals surface area contributed by atoms with Crippen molar-refractivity contribution in [3.63, 3.8) is 0 Å². The molecule has 1 aliphatic heterocycles. The van der Waals surface area contributed by atoms with Gasteiger partial charge in [-0.2, -0.15) is 13.2 Å². The van der Waals surface area contributed by atoms with Gasteiger partial charge in [0.1, 0.15) is 18.4 Å². The minimum Gasteiger partial charge on any atom is -0.489 e. The Bertz CT molecular complexity index is 1790. The molecule has 6 rings (SSSR count). The molecule has 2 amide bonds. The van der Waals surface area contributed by atoms with Crippen molar-refractivity contribution in [1.82, 2.24) is 10.2 Å². The van der Waals surface area contributed by atoms with E-state index in [1.807, 2.05) is 48.5 Å². The highest BCUT2D eigenvalue weighted by Crippen LogP contribution is 2.37. The Labute approximate surface area is 282 Å². The highest BCUT2D eigenvalue weighted by molar-refractivity contribution is 5.91. The molecular formula is C39H37F3N2O5. The number of halogens is 3. The van der Waals surface area contributed by atoms with Gasteiger partial charge >= 0.3 is 12.1 Å². The first kappa shape index (κ1) is 33.8. The molecule has 2 unspecified atom stereocenters. The lowest BCUT2D eigenvalue weighted by Gasteiger charge is -2.38. The smallest absolute Gasteiger partial charge is 0.416 e. The summed E-state index contributed by atoms with van der Waals surface area (Å²) in [5.41, 5.74) is 3.79. The Morgan fingerprint density at radius 2 is 1.55 bits per heavy atom. The molecule has 4 aromatic rings. The number of rotatable bonds is 10. The molecule has 0 bridgehead atoms. The molecule has 0 saturated heterocycles. The van der Waals surface area contributed by atoms with Crippen LogP contribution >= 0.6 is 0 Å². The normalized spacial score (nSPS) is 16.9. The van der Waals surface area contributed by atoms with E-state index >= 15 is 0 Å². The predicted octanol–water partition coefficient (Wildman–Crippen LogP) is 7.90. The summed E-state index contributed by atoms with van der Waals surface area (Å²) < 4.78 is 45.0. The van der Waals surface area contributed by atoms with Crippen LogP contribution in [0.2, 0.25) is 0 Å². The predicted molar refractivity (Wildman–Crippen MR) is 177 cm³/mol. The van der Waals surface area contributed by atoms with Crippen molar-refractivity contribution in [3.8, 4) is 16.9 Å². The summed E-state index contributed by atoms with van der Waals surface area (Å²) in [6, 6.07) is 25.3. The number of carboxylic acid groups (broad SMARTS) is 1. The number of nitrogens with zero attached hydrogens (tertiary/aromatic N) is 1. The summed E-state index contributed by atoms with van der Waals surface area (Å²) in [7, 11) is 0. The zero-order chi connectivity index (χ0) is 34.5. The molecule has 4 aromatic carbocycles. The molecule has 254 valence electrons. The summed E-state index contributed by atoms with van der Waals surface area (Å²) in [6.07, 6.45) is -0.882. The second-order valence-electron chi connectivity index (χ2n) is 12.7. The number of carbonyl (C=O) groups excluding carboxylic acids is 2. The summed E-state index contributed by atoms with van der Waals surface area (Å²) in [6.45, 7) is 0.333. The van der Waals surface area contributed by atoms with Gasteiger partial charge in [0.05, 0.1) is 18.0 Å². The molecular weight excluding hydrogens is 633 g/mol.